The third-order valence-corrected chi connectivity index (χ3v) is 3.13. The van der Waals surface area contributed by atoms with Gasteiger partial charge >= 0.3 is 23.9 Å². The molecule has 0 aliphatic heterocycles. The molecule has 2 aromatic carbocycles. The predicted molar refractivity (Wildman–Crippen MR) is 89.5 cm³/mol. The number of rotatable bonds is 4. The van der Waals surface area contributed by atoms with Crippen molar-refractivity contribution in [3.8, 4) is 0 Å². The number of benzene rings is 2. The summed E-state index contributed by atoms with van der Waals surface area (Å²) in [5.74, 6) is -3.56. The molecule has 0 unspecified atom stereocenters. The van der Waals surface area contributed by atoms with Gasteiger partial charge in [0, 0.05) is 0 Å². The van der Waals surface area contributed by atoms with Crippen LogP contribution < -0.4 is 0 Å². The van der Waals surface area contributed by atoms with Crippen LogP contribution in [0.15, 0.2) is 48.5 Å². The number of ether oxygens (including phenoxy) is 2. The molecule has 8 heteroatoms. The molecule has 2 aromatic rings. The molecule has 0 aliphatic carbocycles. The minimum Gasteiger partial charge on any atom is -0.478 e. The number of methoxy groups -OCH3 is 2. The van der Waals surface area contributed by atoms with E-state index >= 15 is 0 Å². The van der Waals surface area contributed by atoms with Crippen LogP contribution in [0.2, 0.25) is 0 Å². The number of carbonyl (C=O) groups excluding carboxylic acids is 2. The molecule has 0 aliphatic rings. The van der Waals surface area contributed by atoms with Crippen LogP contribution in [0.25, 0.3) is 0 Å². The third kappa shape index (κ3) is 5.17. The van der Waals surface area contributed by atoms with E-state index in [2.05, 4.69) is 9.47 Å². The fourth-order valence-corrected chi connectivity index (χ4v) is 1.92. The van der Waals surface area contributed by atoms with Gasteiger partial charge in [0.25, 0.3) is 0 Å². The first-order valence-corrected chi connectivity index (χ1v) is 7.14. The van der Waals surface area contributed by atoms with Gasteiger partial charge in [-0.3, -0.25) is 0 Å². The summed E-state index contributed by atoms with van der Waals surface area (Å²) in [4.78, 5) is 43.4. The summed E-state index contributed by atoms with van der Waals surface area (Å²) in [5.41, 5.74) is 0.0405. The normalized spacial score (nSPS) is 9.31. The zero-order chi connectivity index (χ0) is 19.7. The van der Waals surface area contributed by atoms with Gasteiger partial charge in [0.1, 0.15) is 0 Å². The summed E-state index contributed by atoms with van der Waals surface area (Å²) in [6.07, 6.45) is 0. The number of hydrogen-bond donors (Lipinski definition) is 2. The lowest BCUT2D eigenvalue weighted by Gasteiger charge is -2.04. The van der Waals surface area contributed by atoms with Crippen molar-refractivity contribution in [2.24, 2.45) is 0 Å². The van der Waals surface area contributed by atoms with Gasteiger partial charge < -0.3 is 19.7 Å². The zero-order valence-electron chi connectivity index (χ0n) is 14.0. The van der Waals surface area contributed by atoms with Gasteiger partial charge in [-0.15, -0.1) is 0 Å². The molecule has 0 spiro atoms. The van der Waals surface area contributed by atoms with E-state index in [1.807, 2.05) is 0 Å². The standard InChI is InChI=1S/C10H10O4.C8H6O4/c1-13-9(11)7-5-3-4-6-8(7)10(12)14-2;9-7(10)5-3-1-2-4-6(5)8(11)12/h3-6H,1-2H3;1-4H,(H,9,10)(H,11,12). The maximum Gasteiger partial charge on any atom is 0.338 e. The molecule has 136 valence electrons. The van der Waals surface area contributed by atoms with Crippen molar-refractivity contribution >= 4 is 23.9 Å². The number of carboxylic acids is 2. The lowest BCUT2D eigenvalue weighted by Crippen LogP contribution is -2.11. The molecule has 0 atom stereocenters. The summed E-state index contributed by atoms with van der Waals surface area (Å²) in [6, 6.07) is 11.8. The largest absolute Gasteiger partial charge is 0.478 e. The highest BCUT2D eigenvalue weighted by Crippen LogP contribution is 2.11. The second kappa shape index (κ2) is 9.58. The average Bonchev–Trinajstić information content (AvgIpc) is 2.67. The Balaban J connectivity index is 0.000000263. The quantitative estimate of drug-likeness (QED) is 0.795. The molecule has 26 heavy (non-hydrogen) atoms. The van der Waals surface area contributed by atoms with Gasteiger partial charge in [-0.05, 0) is 24.3 Å². The molecular formula is C18H16O8. The zero-order valence-corrected chi connectivity index (χ0v) is 14.0. The molecule has 8 nitrogen and oxygen atoms in total. The van der Waals surface area contributed by atoms with Gasteiger partial charge in [-0.1, -0.05) is 24.3 Å². The monoisotopic (exact) mass is 360 g/mol. The first kappa shape index (κ1) is 20.4. The molecule has 0 fully saturated rings. The summed E-state index contributed by atoms with van der Waals surface area (Å²) in [7, 11) is 2.52. The Morgan fingerprint density at radius 1 is 0.615 bits per heavy atom. The van der Waals surface area contributed by atoms with Gasteiger partial charge in [0.15, 0.2) is 0 Å². The Labute approximate surface area is 148 Å². The highest BCUT2D eigenvalue weighted by Gasteiger charge is 2.16. The van der Waals surface area contributed by atoms with E-state index in [4.69, 9.17) is 10.2 Å². The first-order chi connectivity index (χ1) is 12.3. The fourth-order valence-electron chi connectivity index (χ4n) is 1.92. The summed E-state index contributed by atoms with van der Waals surface area (Å²) in [5, 5.41) is 17.1. The van der Waals surface area contributed by atoms with E-state index in [0.717, 1.165) is 0 Å². The maximum atomic E-state index is 11.2. The molecule has 0 saturated carbocycles. The van der Waals surface area contributed by atoms with E-state index in [-0.39, 0.29) is 22.3 Å². The number of hydrogen-bond acceptors (Lipinski definition) is 6. The van der Waals surface area contributed by atoms with Crippen LogP contribution in [0.5, 0.6) is 0 Å². The van der Waals surface area contributed by atoms with Crippen LogP contribution in [-0.4, -0.2) is 48.3 Å². The SMILES string of the molecule is COC(=O)c1ccccc1C(=O)OC.O=C(O)c1ccccc1C(=O)O. The van der Waals surface area contributed by atoms with Gasteiger partial charge in [-0.2, -0.15) is 0 Å². The molecule has 0 radical (unpaired) electrons. The van der Waals surface area contributed by atoms with E-state index in [1.165, 1.54) is 50.6 Å². The van der Waals surface area contributed by atoms with Crippen molar-refractivity contribution in [3.05, 3.63) is 70.8 Å². The van der Waals surface area contributed by atoms with Crippen molar-refractivity contribution in [2.75, 3.05) is 14.2 Å². The Kier molecular flexibility index (Phi) is 7.50. The first-order valence-electron chi connectivity index (χ1n) is 7.14. The number of carbonyl (C=O) groups is 4. The van der Waals surface area contributed by atoms with E-state index in [9.17, 15) is 19.2 Å². The van der Waals surface area contributed by atoms with Crippen molar-refractivity contribution < 1.29 is 38.9 Å². The molecular weight excluding hydrogens is 344 g/mol. The minimum atomic E-state index is -1.23. The summed E-state index contributed by atoms with van der Waals surface area (Å²) in [6.45, 7) is 0. The highest BCUT2D eigenvalue weighted by molar-refractivity contribution is 6.03. The Hall–Kier alpha value is -3.68. The van der Waals surface area contributed by atoms with E-state index in [0.29, 0.717) is 0 Å². The molecule has 0 heterocycles. The van der Waals surface area contributed by atoms with Crippen molar-refractivity contribution in [1.82, 2.24) is 0 Å². The number of esters is 2. The van der Waals surface area contributed by atoms with Crippen LogP contribution in [0.1, 0.15) is 41.4 Å². The van der Waals surface area contributed by atoms with E-state index < -0.39 is 23.9 Å². The topological polar surface area (TPSA) is 127 Å². The van der Waals surface area contributed by atoms with Crippen LogP contribution in [-0.2, 0) is 9.47 Å². The highest BCUT2D eigenvalue weighted by atomic mass is 16.5. The van der Waals surface area contributed by atoms with Crippen LogP contribution in [0, 0.1) is 0 Å². The smallest absolute Gasteiger partial charge is 0.338 e. The minimum absolute atomic E-state index is 0.190. The van der Waals surface area contributed by atoms with Crippen LogP contribution >= 0.6 is 0 Å². The Morgan fingerprint density at radius 2 is 0.885 bits per heavy atom. The van der Waals surface area contributed by atoms with Gasteiger partial charge in [-0.25, -0.2) is 19.2 Å². The van der Waals surface area contributed by atoms with Crippen molar-refractivity contribution in [3.63, 3.8) is 0 Å². The molecule has 0 saturated heterocycles. The van der Waals surface area contributed by atoms with Gasteiger partial charge in [0.2, 0.25) is 0 Å². The molecule has 2 N–H and O–H groups in total. The second-order valence-corrected chi connectivity index (χ2v) is 4.68. The number of carboxylic acid groups (broad SMARTS) is 2. The van der Waals surface area contributed by atoms with Crippen molar-refractivity contribution in [2.45, 2.75) is 0 Å². The van der Waals surface area contributed by atoms with E-state index in [1.54, 1.807) is 12.1 Å². The van der Waals surface area contributed by atoms with Gasteiger partial charge in [0.05, 0.1) is 36.5 Å². The Morgan fingerprint density at radius 3 is 1.12 bits per heavy atom. The lowest BCUT2D eigenvalue weighted by molar-refractivity contribution is 0.0555. The third-order valence-electron chi connectivity index (χ3n) is 3.13. The van der Waals surface area contributed by atoms with Crippen LogP contribution in [0.4, 0.5) is 0 Å². The van der Waals surface area contributed by atoms with Crippen molar-refractivity contribution in [1.29, 1.82) is 0 Å². The molecule has 0 aromatic heterocycles. The van der Waals surface area contributed by atoms with Crippen LogP contribution in [0.3, 0.4) is 0 Å². The average molecular weight is 360 g/mol. The second-order valence-electron chi connectivity index (χ2n) is 4.68. The number of aromatic carboxylic acids is 2. The lowest BCUT2D eigenvalue weighted by atomic mass is 10.1. The summed E-state index contributed by atoms with van der Waals surface area (Å²) >= 11 is 0. The molecule has 0 amide bonds. The Bertz CT molecular complexity index is 757. The molecule has 0 bridgehead atoms. The molecule has 2 rings (SSSR count). The maximum absolute atomic E-state index is 11.2. The predicted octanol–water partition coefficient (Wildman–Crippen LogP) is 2.34. The fraction of sp³-hybridized carbons (Fsp3) is 0.111. The summed E-state index contributed by atoms with van der Waals surface area (Å²) < 4.78 is 9.05.